The number of hydrogen-bond donors (Lipinski definition) is 0. The number of nitrogens with zero attached hydrogens (tertiary/aromatic N) is 1. The van der Waals surface area contributed by atoms with Crippen molar-refractivity contribution in [2.45, 2.75) is 38.5 Å². The average Bonchev–Trinajstić information content (AvgIpc) is 2.00. The molecule has 0 aromatic rings. The minimum atomic E-state index is 0.0297. The van der Waals surface area contributed by atoms with Crippen LogP contribution in [0.1, 0.15) is 20.8 Å². The van der Waals surface area contributed by atoms with E-state index in [0.717, 1.165) is 26.3 Å². The second-order valence-corrected chi connectivity index (χ2v) is 4.63. The van der Waals surface area contributed by atoms with Gasteiger partial charge in [0, 0.05) is 19.1 Å². The Bertz CT molecular complexity index is 189. The lowest BCUT2D eigenvalue weighted by Gasteiger charge is -2.51. The van der Waals surface area contributed by atoms with Crippen molar-refractivity contribution in [3.05, 3.63) is 0 Å². The molecule has 2 heterocycles. The summed E-state index contributed by atoms with van der Waals surface area (Å²) in [5.74, 6) is 0. The normalized spacial score (nSPS) is 33.7. The Balaban J connectivity index is 2.01. The van der Waals surface area contributed by atoms with Crippen molar-refractivity contribution in [3.63, 3.8) is 0 Å². The predicted molar refractivity (Wildman–Crippen MR) is 50.8 cm³/mol. The monoisotopic (exact) mass is 185 g/mol. The van der Waals surface area contributed by atoms with Gasteiger partial charge >= 0.3 is 0 Å². The van der Waals surface area contributed by atoms with Gasteiger partial charge in [-0.05, 0) is 20.8 Å². The lowest BCUT2D eigenvalue weighted by Crippen LogP contribution is -2.65. The van der Waals surface area contributed by atoms with Crippen LogP contribution < -0.4 is 0 Å². The molecular weight excluding hydrogens is 166 g/mol. The Labute approximate surface area is 80.0 Å². The summed E-state index contributed by atoms with van der Waals surface area (Å²) >= 11 is 0. The Morgan fingerprint density at radius 3 is 2.54 bits per heavy atom. The molecule has 0 aromatic carbocycles. The first-order valence-corrected chi connectivity index (χ1v) is 5.11. The fraction of sp³-hybridized carbons (Fsp3) is 1.00. The number of morpholine rings is 1. The van der Waals surface area contributed by atoms with E-state index in [-0.39, 0.29) is 5.60 Å². The summed E-state index contributed by atoms with van der Waals surface area (Å²) in [6, 6.07) is 0.615. The van der Waals surface area contributed by atoms with Gasteiger partial charge in [-0.15, -0.1) is 0 Å². The molecule has 0 aromatic heterocycles. The molecule has 1 atom stereocenters. The maximum absolute atomic E-state index is 5.92. The molecule has 76 valence electrons. The molecule has 2 aliphatic rings. The van der Waals surface area contributed by atoms with E-state index in [2.05, 4.69) is 25.7 Å². The number of rotatable bonds is 1. The van der Waals surface area contributed by atoms with Gasteiger partial charge in [0.25, 0.3) is 0 Å². The molecule has 0 saturated carbocycles. The molecular formula is C10H19NO2. The SMILES string of the molecule is CC(C)N1C[C@@H](C)OC2(COC2)C1. The van der Waals surface area contributed by atoms with Gasteiger partial charge in [-0.1, -0.05) is 0 Å². The summed E-state index contributed by atoms with van der Waals surface area (Å²) in [6.07, 6.45) is 0.347. The molecule has 0 aliphatic carbocycles. The second kappa shape index (κ2) is 3.23. The highest BCUT2D eigenvalue weighted by atomic mass is 16.6. The van der Waals surface area contributed by atoms with Crippen molar-refractivity contribution in [1.29, 1.82) is 0 Å². The molecule has 3 nitrogen and oxygen atoms in total. The fourth-order valence-electron chi connectivity index (χ4n) is 2.15. The zero-order chi connectivity index (χ0) is 9.47. The van der Waals surface area contributed by atoms with Gasteiger partial charge in [0.15, 0.2) is 0 Å². The van der Waals surface area contributed by atoms with E-state index >= 15 is 0 Å². The van der Waals surface area contributed by atoms with Crippen LogP contribution in [0.25, 0.3) is 0 Å². The van der Waals surface area contributed by atoms with Gasteiger partial charge in [0.05, 0.1) is 19.3 Å². The summed E-state index contributed by atoms with van der Waals surface area (Å²) in [6.45, 7) is 10.3. The first-order chi connectivity index (χ1) is 6.11. The third-order valence-corrected chi connectivity index (χ3v) is 2.89. The first kappa shape index (κ1) is 9.44. The molecule has 2 fully saturated rings. The highest BCUT2D eigenvalue weighted by Crippen LogP contribution is 2.29. The van der Waals surface area contributed by atoms with Crippen LogP contribution >= 0.6 is 0 Å². The van der Waals surface area contributed by atoms with Crippen LogP contribution in [0.4, 0.5) is 0 Å². The Hall–Kier alpha value is -0.120. The largest absolute Gasteiger partial charge is 0.375 e. The van der Waals surface area contributed by atoms with E-state index in [1.165, 1.54) is 0 Å². The van der Waals surface area contributed by atoms with Crippen LogP contribution in [0.5, 0.6) is 0 Å². The lowest BCUT2D eigenvalue weighted by molar-refractivity contribution is -0.261. The van der Waals surface area contributed by atoms with Crippen LogP contribution in [0, 0.1) is 0 Å². The molecule has 0 bridgehead atoms. The minimum absolute atomic E-state index is 0.0297. The van der Waals surface area contributed by atoms with Crippen molar-refractivity contribution in [2.24, 2.45) is 0 Å². The smallest absolute Gasteiger partial charge is 0.128 e. The van der Waals surface area contributed by atoms with E-state index in [4.69, 9.17) is 9.47 Å². The Kier molecular flexibility index (Phi) is 2.34. The predicted octanol–water partition coefficient (Wildman–Crippen LogP) is 0.885. The van der Waals surface area contributed by atoms with Gasteiger partial charge < -0.3 is 9.47 Å². The third-order valence-electron chi connectivity index (χ3n) is 2.89. The van der Waals surface area contributed by atoms with Gasteiger partial charge in [-0.25, -0.2) is 0 Å². The Morgan fingerprint density at radius 1 is 1.38 bits per heavy atom. The summed E-state index contributed by atoms with van der Waals surface area (Å²) < 4.78 is 11.2. The summed E-state index contributed by atoms with van der Waals surface area (Å²) in [5.41, 5.74) is 0.0297. The van der Waals surface area contributed by atoms with Crippen LogP contribution in [0.15, 0.2) is 0 Å². The summed E-state index contributed by atoms with van der Waals surface area (Å²) in [5, 5.41) is 0. The Morgan fingerprint density at radius 2 is 2.08 bits per heavy atom. The lowest BCUT2D eigenvalue weighted by atomic mass is 9.97. The first-order valence-electron chi connectivity index (χ1n) is 5.11. The minimum Gasteiger partial charge on any atom is -0.375 e. The standard InChI is InChI=1S/C10H19NO2/c1-8(2)11-4-9(3)13-10(5-11)6-12-7-10/h8-9H,4-7H2,1-3H3/t9-/m1/s1. The molecule has 2 rings (SSSR count). The number of hydrogen-bond acceptors (Lipinski definition) is 3. The van der Waals surface area contributed by atoms with Crippen molar-refractivity contribution in [2.75, 3.05) is 26.3 Å². The van der Waals surface area contributed by atoms with Gasteiger partial charge in [0.2, 0.25) is 0 Å². The zero-order valence-corrected chi connectivity index (χ0v) is 8.75. The van der Waals surface area contributed by atoms with Crippen LogP contribution in [0.3, 0.4) is 0 Å². The summed E-state index contributed by atoms with van der Waals surface area (Å²) in [4.78, 5) is 2.48. The molecule has 13 heavy (non-hydrogen) atoms. The molecule has 0 N–H and O–H groups in total. The van der Waals surface area contributed by atoms with Crippen molar-refractivity contribution in [3.8, 4) is 0 Å². The highest BCUT2D eigenvalue weighted by Gasteiger charge is 2.46. The fourth-order valence-corrected chi connectivity index (χ4v) is 2.15. The van der Waals surface area contributed by atoms with E-state index in [1.54, 1.807) is 0 Å². The maximum atomic E-state index is 5.92. The second-order valence-electron chi connectivity index (χ2n) is 4.63. The maximum Gasteiger partial charge on any atom is 0.128 e. The van der Waals surface area contributed by atoms with Gasteiger partial charge in [-0.2, -0.15) is 0 Å². The van der Waals surface area contributed by atoms with E-state index in [1.807, 2.05) is 0 Å². The van der Waals surface area contributed by atoms with Crippen LogP contribution in [-0.2, 0) is 9.47 Å². The topological polar surface area (TPSA) is 21.7 Å². The van der Waals surface area contributed by atoms with Crippen molar-refractivity contribution in [1.82, 2.24) is 4.90 Å². The summed E-state index contributed by atoms with van der Waals surface area (Å²) in [7, 11) is 0. The zero-order valence-electron chi connectivity index (χ0n) is 8.75. The molecule has 2 saturated heterocycles. The molecule has 0 unspecified atom stereocenters. The molecule has 0 radical (unpaired) electrons. The molecule has 0 amide bonds. The van der Waals surface area contributed by atoms with E-state index in [9.17, 15) is 0 Å². The van der Waals surface area contributed by atoms with Crippen LogP contribution in [0.2, 0.25) is 0 Å². The quantitative estimate of drug-likeness (QED) is 0.605. The molecule has 3 heteroatoms. The molecule has 1 spiro atoms. The number of ether oxygens (including phenoxy) is 2. The van der Waals surface area contributed by atoms with E-state index < -0.39 is 0 Å². The van der Waals surface area contributed by atoms with Crippen molar-refractivity contribution < 1.29 is 9.47 Å². The third kappa shape index (κ3) is 1.73. The highest BCUT2D eigenvalue weighted by molar-refractivity contribution is 4.95. The van der Waals surface area contributed by atoms with Crippen molar-refractivity contribution >= 4 is 0 Å². The average molecular weight is 185 g/mol. The van der Waals surface area contributed by atoms with Gasteiger partial charge in [-0.3, -0.25) is 4.90 Å². The van der Waals surface area contributed by atoms with Crippen LogP contribution in [-0.4, -0.2) is 49.0 Å². The van der Waals surface area contributed by atoms with E-state index in [0.29, 0.717) is 12.1 Å². The van der Waals surface area contributed by atoms with Gasteiger partial charge in [0.1, 0.15) is 5.60 Å². The molecule has 2 aliphatic heterocycles.